The number of pyridine rings is 1. The van der Waals surface area contributed by atoms with Crippen LogP contribution in [0.4, 0.5) is 11.4 Å². The first-order valence-electron chi connectivity index (χ1n) is 12.3. The fraction of sp³-hybridized carbons (Fsp3) is 0.296. The normalized spacial score (nSPS) is 14.5. The highest BCUT2D eigenvalue weighted by Crippen LogP contribution is 2.31. The summed E-state index contributed by atoms with van der Waals surface area (Å²) < 4.78 is 6.01. The molecule has 0 spiro atoms. The summed E-state index contributed by atoms with van der Waals surface area (Å²) in [4.78, 5) is 38.8. The number of aromatic amines is 2. The number of nitrogens with zero attached hydrogens (tertiary/aromatic N) is 3. The zero-order valence-electron chi connectivity index (χ0n) is 21.1. The smallest absolute Gasteiger partial charge is 0.261 e. The van der Waals surface area contributed by atoms with E-state index in [-0.39, 0.29) is 12.1 Å². The summed E-state index contributed by atoms with van der Waals surface area (Å²) in [6.45, 7) is 5.06. The highest BCUT2D eigenvalue weighted by atomic mass is 79.9. The number of nitrogens with one attached hydrogen (secondary N) is 3. The second-order valence-electron chi connectivity index (χ2n) is 9.26. The van der Waals surface area contributed by atoms with Crippen LogP contribution in [0.25, 0.3) is 22.4 Å². The molecule has 2 aromatic carbocycles. The van der Waals surface area contributed by atoms with E-state index < -0.39 is 6.10 Å². The number of methoxy groups -OCH3 is 1. The number of carbonyl (C=O) groups is 1. The number of H-pyrrole nitrogens is 2. The minimum Gasteiger partial charge on any atom is -0.496 e. The topological polar surface area (TPSA) is 127 Å². The Kier molecular flexibility index (Phi) is 7.39. The lowest BCUT2D eigenvalue weighted by atomic mass is 10.1. The van der Waals surface area contributed by atoms with Crippen molar-refractivity contribution in [2.75, 3.05) is 50.1 Å². The summed E-state index contributed by atoms with van der Waals surface area (Å²) in [7, 11) is 1.59. The van der Waals surface area contributed by atoms with Gasteiger partial charge in [-0.25, -0.2) is 4.98 Å². The lowest BCUT2D eigenvalue weighted by Gasteiger charge is -2.34. The number of amides is 1. The Hall–Kier alpha value is -3.83. The number of carbonyl (C=O) groups excluding carboxylic acids is 1. The Morgan fingerprint density at radius 3 is 2.71 bits per heavy atom. The number of piperazine rings is 1. The molecule has 38 heavy (non-hydrogen) atoms. The van der Waals surface area contributed by atoms with Crippen molar-refractivity contribution in [1.82, 2.24) is 19.9 Å². The van der Waals surface area contributed by atoms with Gasteiger partial charge in [0, 0.05) is 44.6 Å². The fourth-order valence-corrected chi connectivity index (χ4v) is 5.29. The molecule has 0 radical (unpaired) electrons. The zero-order chi connectivity index (χ0) is 26.8. The first-order chi connectivity index (χ1) is 18.4. The van der Waals surface area contributed by atoms with E-state index in [2.05, 4.69) is 42.2 Å². The summed E-state index contributed by atoms with van der Waals surface area (Å²) in [6, 6.07) is 11.3. The van der Waals surface area contributed by atoms with E-state index in [1.807, 2.05) is 19.1 Å². The van der Waals surface area contributed by atoms with Crippen molar-refractivity contribution in [1.29, 1.82) is 0 Å². The third kappa shape index (κ3) is 5.11. The molecular weight excluding hydrogens is 552 g/mol. The van der Waals surface area contributed by atoms with Crippen LogP contribution in [0.5, 0.6) is 5.75 Å². The highest BCUT2D eigenvalue weighted by Gasteiger charge is 2.20. The molecule has 0 saturated carbocycles. The number of hydrogen-bond donors (Lipinski definition) is 4. The summed E-state index contributed by atoms with van der Waals surface area (Å²) in [5.74, 6) is 1.12. The number of aliphatic hydroxyl groups excluding tert-OH is 1. The number of ether oxygens (including phenoxy) is 1. The van der Waals surface area contributed by atoms with E-state index in [9.17, 15) is 14.7 Å². The van der Waals surface area contributed by atoms with Crippen LogP contribution in [0.3, 0.4) is 0 Å². The maximum atomic E-state index is 12.9. The molecule has 1 amide bonds. The Labute approximate surface area is 227 Å². The van der Waals surface area contributed by atoms with E-state index in [1.54, 1.807) is 36.4 Å². The molecule has 1 aliphatic rings. The highest BCUT2D eigenvalue weighted by molar-refractivity contribution is 9.10. The van der Waals surface area contributed by atoms with Gasteiger partial charge in [-0.2, -0.15) is 0 Å². The van der Waals surface area contributed by atoms with Gasteiger partial charge in [0.05, 0.1) is 34.4 Å². The summed E-state index contributed by atoms with van der Waals surface area (Å²) in [5, 5.41) is 14.0. The third-order valence-electron chi connectivity index (χ3n) is 6.83. The van der Waals surface area contributed by atoms with E-state index >= 15 is 0 Å². The van der Waals surface area contributed by atoms with Gasteiger partial charge in [0.2, 0.25) is 6.41 Å². The maximum absolute atomic E-state index is 12.9. The maximum Gasteiger partial charge on any atom is 0.261 e. The minimum absolute atomic E-state index is 0.186. The predicted octanol–water partition coefficient (Wildman–Crippen LogP) is 3.42. The number of aryl methyl sites for hydroxylation is 1. The minimum atomic E-state index is -0.815. The second kappa shape index (κ2) is 10.9. The number of rotatable bonds is 8. The van der Waals surface area contributed by atoms with Crippen molar-refractivity contribution < 1.29 is 14.6 Å². The lowest BCUT2D eigenvalue weighted by molar-refractivity contribution is -0.118. The molecule has 1 fully saturated rings. The van der Waals surface area contributed by atoms with Crippen molar-refractivity contribution in [2.45, 2.75) is 13.0 Å². The number of benzene rings is 2. The van der Waals surface area contributed by atoms with Crippen molar-refractivity contribution >= 4 is 44.7 Å². The van der Waals surface area contributed by atoms with Crippen LogP contribution in [-0.4, -0.2) is 71.2 Å². The molecule has 1 saturated heterocycles. The molecule has 1 aliphatic heterocycles. The van der Waals surface area contributed by atoms with Crippen LogP contribution < -0.4 is 20.5 Å². The molecule has 3 heterocycles. The first-order valence-corrected chi connectivity index (χ1v) is 13.1. The van der Waals surface area contributed by atoms with Gasteiger partial charge >= 0.3 is 0 Å². The lowest BCUT2D eigenvalue weighted by Crippen LogP contribution is -2.45. The van der Waals surface area contributed by atoms with Gasteiger partial charge in [-0.1, -0.05) is 6.07 Å². The Morgan fingerprint density at radius 1 is 1.21 bits per heavy atom. The Bertz CT molecular complexity index is 1530. The number of aromatic nitrogens is 3. The van der Waals surface area contributed by atoms with Crippen molar-refractivity contribution in [3.63, 3.8) is 0 Å². The second-order valence-corrected chi connectivity index (χ2v) is 10.1. The summed E-state index contributed by atoms with van der Waals surface area (Å²) >= 11 is 3.45. The molecule has 0 bridgehead atoms. The number of hydrogen-bond acceptors (Lipinski definition) is 7. The monoisotopic (exact) mass is 580 g/mol. The van der Waals surface area contributed by atoms with Crippen molar-refractivity contribution in [3.05, 3.63) is 68.5 Å². The molecule has 11 heteroatoms. The molecule has 0 aliphatic carbocycles. The van der Waals surface area contributed by atoms with E-state index in [0.29, 0.717) is 41.5 Å². The predicted molar refractivity (Wildman–Crippen MR) is 151 cm³/mol. The van der Waals surface area contributed by atoms with Gasteiger partial charge < -0.3 is 34.9 Å². The first kappa shape index (κ1) is 25.8. The largest absolute Gasteiger partial charge is 0.496 e. The molecule has 1 unspecified atom stereocenters. The van der Waals surface area contributed by atoms with Gasteiger partial charge in [-0.3, -0.25) is 9.59 Å². The average molecular weight is 581 g/mol. The van der Waals surface area contributed by atoms with Crippen LogP contribution in [0.15, 0.2) is 51.9 Å². The molecular formula is C27H29BrN6O4. The summed E-state index contributed by atoms with van der Waals surface area (Å²) in [6.07, 6.45) is 1.64. The van der Waals surface area contributed by atoms with Gasteiger partial charge in [-0.05, 0) is 64.3 Å². The molecule has 1 atom stereocenters. The number of imidazole rings is 1. The van der Waals surface area contributed by atoms with Crippen molar-refractivity contribution in [2.24, 2.45) is 0 Å². The number of fused-ring (bicyclic) bond motifs is 1. The van der Waals surface area contributed by atoms with Crippen LogP contribution in [0, 0.1) is 6.92 Å². The van der Waals surface area contributed by atoms with Crippen molar-refractivity contribution in [3.8, 4) is 17.1 Å². The SMILES string of the molecule is COc1ccc(C(O)CNc2cc[nH]c(=O)c2-c2nc3c(C)cc(N4CCN(C=O)CC4)cc3[nH]2)cc1Br. The van der Waals surface area contributed by atoms with Crippen LogP contribution in [-0.2, 0) is 4.79 Å². The standard InChI is InChI=1S/C27H29BrN6O4/c1-16-11-18(34-9-7-33(15-35)8-10-34)13-21-25(16)32-26(31-21)24-20(5-6-29-27(24)37)30-14-22(36)17-3-4-23(38-2)19(28)12-17/h3-6,11-13,15,22,36H,7-10,14H2,1-2H3,(H,31,32)(H2,29,30,37). The molecule has 198 valence electrons. The Balaban J connectivity index is 1.41. The third-order valence-corrected chi connectivity index (χ3v) is 7.45. The van der Waals surface area contributed by atoms with Crippen LogP contribution in [0.1, 0.15) is 17.2 Å². The molecule has 4 aromatic rings. The molecule has 5 rings (SSSR count). The number of halogens is 1. The van der Waals surface area contributed by atoms with E-state index in [0.717, 1.165) is 46.3 Å². The van der Waals surface area contributed by atoms with E-state index in [1.165, 1.54) is 0 Å². The number of anilines is 2. The van der Waals surface area contributed by atoms with Gasteiger partial charge in [0.25, 0.3) is 5.56 Å². The van der Waals surface area contributed by atoms with Crippen LogP contribution in [0.2, 0.25) is 0 Å². The molecule has 4 N–H and O–H groups in total. The van der Waals surface area contributed by atoms with Gasteiger partial charge in [-0.15, -0.1) is 0 Å². The zero-order valence-corrected chi connectivity index (χ0v) is 22.7. The van der Waals surface area contributed by atoms with E-state index in [4.69, 9.17) is 9.72 Å². The molecule has 10 nitrogen and oxygen atoms in total. The average Bonchev–Trinajstić information content (AvgIpc) is 3.36. The van der Waals surface area contributed by atoms with Gasteiger partial charge in [0.1, 0.15) is 17.1 Å². The fourth-order valence-electron chi connectivity index (χ4n) is 4.73. The van der Waals surface area contributed by atoms with Gasteiger partial charge in [0.15, 0.2) is 0 Å². The number of aliphatic hydroxyl groups is 1. The Morgan fingerprint density at radius 2 is 2.00 bits per heavy atom. The summed E-state index contributed by atoms with van der Waals surface area (Å²) in [5.41, 5.74) is 4.98. The molecule has 2 aromatic heterocycles. The quantitative estimate of drug-likeness (QED) is 0.235. The van der Waals surface area contributed by atoms with Crippen LogP contribution >= 0.6 is 15.9 Å².